The Bertz CT molecular complexity index is 1480. The van der Waals surface area contributed by atoms with E-state index in [2.05, 4.69) is 42.1 Å². The van der Waals surface area contributed by atoms with E-state index in [-0.39, 0.29) is 29.8 Å². The molecular weight excluding hydrogens is 470 g/mol. The van der Waals surface area contributed by atoms with Crippen LogP contribution in [-0.2, 0) is 23.7 Å². The van der Waals surface area contributed by atoms with Gasteiger partial charge in [-0.2, -0.15) is 10.1 Å². The number of carbonyl (C=O) groups excluding carboxylic acids is 1. The molecule has 1 saturated carbocycles. The number of aliphatic hydroxyl groups is 1. The Morgan fingerprint density at radius 2 is 2.00 bits per heavy atom. The molecule has 0 bridgehead atoms. The van der Waals surface area contributed by atoms with Crippen molar-refractivity contribution in [2.24, 2.45) is 7.05 Å². The van der Waals surface area contributed by atoms with Crippen LogP contribution in [0, 0.1) is 6.92 Å². The van der Waals surface area contributed by atoms with E-state index in [9.17, 15) is 9.90 Å². The van der Waals surface area contributed by atoms with Crippen LogP contribution < -0.4 is 10.1 Å². The fourth-order valence-corrected chi connectivity index (χ4v) is 4.71. The Morgan fingerprint density at radius 3 is 2.68 bits per heavy atom. The number of pyridine rings is 2. The summed E-state index contributed by atoms with van der Waals surface area (Å²) in [4.78, 5) is 24.9. The zero-order valence-corrected chi connectivity index (χ0v) is 22.1. The lowest BCUT2D eigenvalue weighted by molar-refractivity contribution is -0.116. The summed E-state index contributed by atoms with van der Waals surface area (Å²) in [5, 5.41) is 18.0. The molecule has 5 rings (SSSR count). The summed E-state index contributed by atoms with van der Waals surface area (Å²) >= 11 is 0. The number of anilines is 2. The van der Waals surface area contributed by atoms with Gasteiger partial charge in [-0.05, 0) is 32.8 Å². The number of carbonyl (C=O) groups is 1. The number of aliphatic hydroxyl groups excluding tert-OH is 1. The van der Waals surface area contributed by atoms with E-state index < -0.39 is 0 Å². The molecule has 0 aliphatic heterocycles. The van der Waals surface area contributed by atoms with Gasteiger partial charge in [0.2, 0.25) is 5.95 Å². The molecule has 0 atom stereocenters. The van der Waals surface area contributed by atoms with E-state index in [1.54, 1.807) is 24.5 Å². The summed E-state index contributed by atoms with van der Waals surface area (Å²) in [5.41, 5.74) is 4.00. The molecule has 0 radical (unpaired) electrons. The third-order valence-corrected chi connectivity index (χ3v) is 6.73. The maximum Gasteiger partial charge on any atom is 0.210 e. The van der Waals surface area contributed by atoms with Crippen molar-refractivity contribution in [3.8, 4) is 11.5 Å². The number of hydrogen-bond acceptors (Lipinski definition) is 8. The number of ketones is 1. The number of ether oxygens (including phenoxy) is 1. The summed E-state index contributed by atoms with van der Waals surface area (Å²) in [6, 6.07) is 5.79. The van der Waals surface area contributed by atoms with Gasteiger partial charge in [-0.25, -0.2) is 4.98 Å². The molecule has 1 aliphatic carbocycles. The van der Waals surface area contributed by atoms with Crippen molar-refractivity contribution in [2.45, 2.75) is 71.4 Å². The quantitative estimate of drug-likeness (QED) is 0.377. The molecule has 1 fully saturated rings. The molecule has 0 amide bonds. The summed E-state index contributed by atoms with van der Waals surface area (Å²) in [5.74, 6) is 2.56. The highest BCUT2D eigenvalue weighted by Gasteiger charge is 2.34. The van der Waals surface area contributed by atoms with E-state index in [0.29, 0.717) is 34.6 Å². The number of imidazole rings is 1. The van der Waals surface area contributed by atoms with E-state index in [0.717, 1.165) is 29.6 Å². The van der Waals surface area contributed by atoms with Gasteiger partial charge in [0, 0.05) is 48.5 Å². The van der Waals surface area contributed by atoms with Crippen LogP contribution in [0.3, 0.4) is 0 Å². The summed E-state index contributed by atoms with van der Waals surface area (Å²) in [6.45, 7) is 9.99. The Labute approximate surface area is 215 Å². The monoisotopic (exact) mass is 503 g/mol. The predicted molar refractivity (Wildman–Crippen MR) is 140 cm³/mol. The summed E-state index contributed by atoms with van der Waals surface area (Å²) in [7, 11) is 1.93. The third-order valence-electron chi connectivity index (χ3n) is 6.73. The SMILES string of the molecule is CC(=O)Cc1cc(Oc2cnc3nc(Nc4cc(C(C)(C)C)n(C5CC(O)C5)n4)n(C)c3c2C)ccn1. The molecule has 1 aliphatic rings. The Kier molecular flexibility index (Phi) is 6.23. The van der Waals surface area contributed by atoms with Gasteiger partial charge in [0.25, 0.3) is 0 Å². The number of nitrogens with one attached hydrogen (secondary N) is 1. The molecular formula is C27H33N7O3. The number of hydrogen-bond donors (Lipinski definition) is 2. The highest BCUT2D eigenvalue weighted by molar-refractivity contribution is 5.81. The van der Waals surface area contributed by atoms with Crippen LogP contribution in [-0.4, -0.2) is 46.3 Å². The lowest BCUT2D eigenvalue weighted by Crippen LogP contribution is -2.34. The Balaban J connectivity index is 1.43. The third kappa shape index (κ3) is 4.93. The second-order valence-corrected chi connectivity index (χ2v) is 10.9. The first-order chi connectivity index (χ1) is 17.5. The minimum atomic E-state index is -0.253. The molecule has 2 N–H and O–H groups in total. The largest absolute Gasteiger partial charge is 0.455 e. The van der Waals surface area contributed by atoms with Gasteiger partial charge in [0.1, 0.15) is 11.5 Å². The average Bonchev–Trinajstić information content (AvgIpc) is 3.35. The van der Waals surface area contributed by atoms with Crippen LogP contribution in [0.25, 0.3) is 11.2 Å². The number of nitrogens with zero attached hydrogens (tertiary/aromatic N) is 6. The standard InChI is InChI=1S/C27H33N7O3/c1-15(35)9-17-10-20(7-8-28-17)37-21-14-29-25-24(16(21)2)33(6)26(31-25)30-23-13-22(27(3,4)5)34(32-23)18-11-19(36)12-18/h7-8,10,13-14,18-19,36H,9,11-12H2,1-6H3,(H,29,30,31,32). The lowest BCUT2D eigenvalue weighted by atomic mass is 9.87. The van der Waals surface area contributed by atoms with Crippen LogP contribution >= 0.6 is 0 Å². The highest BCUT2D eigenvalue weighted by Crippen LogP contribution is 2.37. The van der Waals surface area contributed by atoms with E-state index >= 15 is 0 Å². The molecule has 0 unspecified atom stereocenters. The zero-order chi connectivity index (χ0) is 26.5. The Hall–Kier alpha value is -3.79. The predicted octanol–water partition coefficient (Wildman–Crippen LogP) is 4.53. The van der Waals surface area contributed by atoms with Gasteiger partial charge in [-0.1, -0.05) is 20.8 Å². The first-order valence-corrected chi connectivity index (χ1v) is 12.5. The van der Waals surface area contributed by atoms with Gasteiger partial charge < -0.3 is 19.7 Å². The van der Waals surface area contributed by atoms with Gasteiger partial charge in [0.15, 0.2) is 17.2 Å². The molecule has 10 heteroatoms. The van der Waals surface area contributed by atoms with E-state index in [1.807, 2.05) is 23.2 Å². The van der Waals surface area contributed by atoms with Gasteiger partial charge >= 0.3 is 0 Å². The highest BCUT2D eigenvalue weighted by atomic mass is 16.5. The van der Waals surface area contributed by atoms with Gasteiger partial charge in [0.05, 0.1) is 29.6 Å². The smallest absolute Gasteiger partial charge is 0.210 e. The molecule has 4 aromatic rings. The van der Waals surface area contributed by atoms with Crippen molar-refractivity contribution in [3.05, 3.63) is 47.5 Å². The molecule has 0 saturated heterocycles. The number of aromatic nitrogens is 6. The van der Waals surface area contributed by atoms with Crippen LogP contribution in [0.5, 0.6) is 11.5 Å². The van der Waals surface area contributed by atoms with E-state index in [1.165, 1.54) is 6.92 Å². The Morgan fingerprint density at radius 1 is 1.24 bits per heavy atom. The second-order valence-electron chi connectivity index (χ2n) is 10.9. The van der Waals surface area contributed by atoms with Crippen molar-refractivity contribution >= 4 is 28.7 Å². The molecule has 10 nitrogen and oxygen atoms in total. The number of fused-ring (bicyclic) bond motifs is 1. The lowest BCUT2D eigenvalue weighted by Gasteiger charge is -2.34. The normalized spacial score (nSPS) is 17.6. The maximum absolute atomic E-state index is 11.5. The van der Waals surface area contributed by atoms with Crippen molar-refractivity contribution in [1.82, 2.24) is 29.3 Å². The first kappa shape index (κ1) is 24.9. The molecule has 0 spiro atoms. The maximum atomic E-state index is 11.5. The second kappa shape index (κ2) is 9.26. The summed E-state index contributed by atoms with van der Waals surface area (Å²) < 4.78 is 10.1. The molecule has 4 heterocycles. The summed E-state index contributed by atoms with van der Waals surface area (Å²) in [6.07, 6.45) is 4.74. The van der Waals surface area contributed by atoms with Crippen molar-refractivity contribution in [3.63, 3.8) is 0 Å². The van der Waals surface area contributed by atoms with Gasteiger partial charge in [-0.3, -0.25) is 14.5 Å². The number of rotatable bonds is 7. The van der Waals surface area contributed by atoms with E-state index in [4.69, 9.17) is 14.8 Å². The zero-order valence-electron chi connectivity index (χ0n) is 22.1. The van der Waals surface area contributed by atoms with Crippen molar-refractivity contribution < 1.29 is 14.6 Å². The van der Waals surface area contributed by atoms with Crippen molar-refractivity contribution in [2.75, 3.05) is 5.32 Å². The van der Waals surface area contributed by atoms with Crippen molar-refractivity contribution in [1.29, 1.82) is 0 Å². The number of aryl methyl sites for hydroxylation is 2. The topological polar surface area (TPSA) is 120 Å². The molecule has 37 heavy (non-hydrogen) atoms. The fraction of sp³-hybridized carbons (Fsp3) is 0.444. The fourth-order valence-electron chi connectivity index (χ4n) is 4.71. The molecule has 0 aromatic carbocycles. The van der Waals surface area contributed by atoms with Crippen LogP contribution in [0.15, 0.2) is 30.6 Å². The van der Waals surface area contributed by atoms with Gasteiger partial charge in [-0.15, -0.1) is 0 Å². The minimum absolute atomic E-state index is 0.0450. The van der Waals surface area contributed by atoms with Crippen LogP contribution in [0.2, 0.25) is 0 Å². The minimum Gasteiger partial charge on any atom is -0.455 e. The average molecular weight is 504 g/mol. The number of Topliss-reactive ketones (excluding diaryl/α,β-unsaturated/α-hetero) is 1. The van der Waals surface area contributed by atoms with Crippen LogP contribution in [0.4, 0.5) is 11.8 Å². The molecule has 194 valence electrons. The molecule has 4 aromatic heterocycles. The first-order valence-electron chi connectivity index (χ1n) is 12.5. The van der Waals surface area contributed by atoms with Crippen LogP contribution in [0.1, 0.15) is 63.5 Å².